The van der Waals surface area contributed by atoms with E-state index in [1.54, 1.807) is 0 Å². The van der Waals surface area contributed by atoms with Crippen LogP contribution in [-0.2, 0) is 10.2 Å². The van der Waals surface area contributed by atoms with E-state index in [9.17, 15) is 4.79 Å². The molecule has 0 spiro atoms. The number of likely N-dealkylation sites (tertiary alicyclic amines) is 1. The number of rotatable bonds is 3. The van der Waals surface area contributed by atoms with Crippen molar-refractivity contribution in [1.82, 2.24) is 4.90 Å². The van der Waals surface area contributed by atoms with Gasteiger partial charge in [-0.1, -0.05) is 23.7 Å². The van der Waals surface area contributed by atoms with Gasteiger partial charge in [-0.15, -0.1) is 0 Å². The first kappa shape index (κ1) is 16.3. The fourth-order valence-corrected chi connectivity index (χ4v) is 3.21. The molecule has 2 rings (SSSR count). The minimum atomic E-state index is -0.565. The number of carbonyl (C=O) groups is 1. The van der Waals surface area contributed by atoms with Crippen molar-refractivity contribution in [1.29, 1.82) is 0 Å². The van der Waals surface area contributed by atoms with E-state index < -0.39 is 5.41 Å². The van der Waals surface area contributed by atoms with E-state index in [1.807, 2.05) is 49.9 Å². The van der Waals surface area contributed by atoms with Gasteiger partial charge in [-0.3, -0.25) is 4.79 Å². The van der Waals surface area contributed by atoms with Crippen LogP contribution in [0.3, 0.4) is 0 Å². The van der Waals surface area contributed by atoms with Crippen LogP contribution < -0.4 is 5.73 Å². The van der Waals surface area contributed by atoms with Crippen molar-refractivity contribution in [3.63, 3.8) is 0 Å². The predicted molar refractivity (Wildman–Crippen MR) is 87.4 cm³/mol. The van der Waals surface area contributed by atoms with Gasteiger partial charge in [-0.05, 0) is 57.2 Å². The van der Waals surface area contributed by atoms with E-state index in [2.05, 4.69) is 0 Å². The van der Waals surface area contributed by atoms with Gasteiger partial charge >= 0.3 is 0 Å². The number of hydrogen-bond donors (Lipinski definition) is 1. The van der Waals surface area contributed by atoms with Crippen molar-refractivity contribution in [3.8, 4) is 0 Å². The van der Waals surface area contributed by atoms with Crippen LogP contribution in [0.4, 0.5) is 0 Å². The Hall–Kier alpha value is -1.06. The molecular formula is C17H25ClN2O. The smallest absolute Gasteiger partial charge is 0.232 e. The van der Waals surface area contributed by atoms with E-state index in [4.69, 9.17) is 17.3 Å². The van der Waals surface area contributed by atoms with Gasteiger partial charge in [0.25, 0.3) is 0 Å². The van der Waals surface area contributed by atoms with Gasteiger partial charge in [0.15, 0.2) is 0 Å². The highest BCUT2D eigenvalue weighted by atomic mass is 35.5. The molecule has 1 aliphatic heterocycles. The van der Waals surface area contributed by atoms with Crippen LogP contribution in [-0.4, -0.2) is 29.9 Å². The fourth-order valence-electron chi connectivity index (χ4n) is 3.02. The molecule has 21 heavy (non-hydrogen) atoms. The van der Waals surface area contributed by atoms with Crippen LogP contribution >= 0.6 is 11.6 Å². The summed E-state index contributed by atoms with van der Waals surface area (Å²) in [4.78, 5) is 14.9. The molecule has 116 valence electrons. The predicted octanol–water partition coefficient (Wildman–Crippen LogP) is 3.20. The van der Waals surface area contributed by atoms with Crippen molar-refractivity contribution < 1.29 is 4.79 Å². The van der Waals surface area contributed by atoms with E-state index in [0.29, 0.717) is 10.9 Å². The minimum absolute atomic E-state index is 0.134. The van der Waals surface area contributed by atoms with Gasteiger partial charge in [0, 0.05) is 24.2 Å². The lowest BCUT2D eigenvalue weighted by Gasteiger charge is -2.39. The molecule has 0 saturated carbocycles. The molecule has 2 atom stereocenters. The van der Waals surface area contributed by atoms with Gasteiger partial charge < -0.3 is 10.6 Å². The monoisotopic (exact) mass is 308 g/mol. The van der Waals surface area contributed by atoms with Crippen molar-refractivity contribution in [2.45, 2.75) is 45.1 Å². The summed E-state index contributed by atoms with van der Waals surface area (Å²) in [7, 11) is 0. The third-order valence-corrected chi connectivity index (χ3v) is 4.80. The average Bonchev–Trinajstić information content (AvgIpc) is 2.46. The summed E-state index contributed by atoms with van der Waals surface area (Å²) in [5, 5.41) is 0.667. The zero-order valence-electron chi connectivity index (χ0n) is 13.1. The summed E-state index contributed by atoms with van der Waals surface area (Å²) >= 11 is 6.06. The molecule has 0 bridgehead atoms. The van der Waals surface area contributed by atoms with Crippen LogP contribution in [0.5, 0.6) is 0 Å². The van der Waals surface area contributed by atoms with Gasteiger partial charge in [0.05, 0.1) is 5.41 Å². The van der Waals surface area contributed by atoms with Crippen LogP contribution in [0.15, 0.2) is 24.3 Å². The molecule has 2 unspecified atom stereocenters. The Bertz CT molecular complexity index is 513. The Kier molecular flexibility index (Phi) is 4.95. The minimum Gasteiger partial charge on any atom is -0.342 e. The van der Waals surface area contributed by atoms with E-state index >= 15 is 0 Å². The molecule has 1 aromatic rings. The normalized spacial score (nSPS) is 21.2. The van der Waals surface area contributed by atoms with Crippen molar-refractivity contribution >= 4 is 17.5 Å². The zero-order chi connectivity index (χ0) is 15.6. The molecular weight excluding hydrogens is 284 g/mol. The first-order chi connectivity index (χ1) is 9.82. The molecule has 1 fully saturated rings. The standard InChI is InChI=1S/C17H25ClN2O/c1-12(19)13-6-5-9-20(11-13)16(21)17(2,3)14-7-4-8-15(18)10-14/h4,7-8,10,12-13H,5-6,9,11,19H2,1-3H3. The van der Waals surface area contributed by atoms with Gasteiger partial charge in [0.1, 0.15) is 0 Å². The molecule has 1 heterocycles. The Morgan fingerprint density at radius 1 is 1.48 bits per heavy atom. The molecule has 0 aliphatic carbocycles. The summed E-state index contributed by atoms with van der Waals surface area (Å²) in [5.41, 5.74) is 6.41. The number of carbonyl (C=O) groups excluding carboxylic acids is 1. The molecule has 2 N–H and O–H groups in total. The second-order valence-corrected chi connectivity index (χ2v) is 7.08. The van der Waals surface area contributed by atoms with Crippen molar-refractivity contribution in [2.24, 2.45) is 11.7 Å². The Labute approximate surface area is 132 Å². The molecule has 1 aromatic carbocycles. The van der Waals surface area contributed by atoms with Crippen molar-refractivity contribution in [3.05, 3.63) is 34.9 Å². The molecule has 0 aromatic heterocycles. The highest BCUT2D eigenvalue weighted by molar-refractivity contribution is 6.30. The lowest BCUT2D eigenvalue weighted by Crippen LogP contribution is -2.50. The van der Waals surface area contributed by atoms with Crippen LogP contribution in [0.25, 0.3) is 0 Å². The van der Waals surface area contributed by atoms with Crippen molar-refractivity contribution in [2.75, 3.05) is 13.1 Å². The summed E-state index contributed by atoms with van der Waals surface area (Å²) in [6.07, 6.45) is 2.14. The number of nitrogens with two attached hydrogens (primary N) is 1. The van der Waals surface area contributed by atoms with E-state index in [0.717, 1.165) is 31.5 Å². The largest absolute Gasteiger partial charge is 0.342 e. The first-order valence-electron chi connectivity index (χ1n) is 7.63. The number of nitrogens with zero attached hydrogens (tertiary/aromatic N) is 1. The Balaban J connectivity index is 2.18. The maximum atomic E-state index is 12.9. The number of piperidine rings is 1. The lowest BCUT2D eigenvalue weighted by atomic mass is 9.82. The summed E-state index contributed by atoms with van der Waals surface area (Å²) in [6, 6.07) is 7.71. The third-order valence-electron chi connectivity index (χ3n) is 4.57. The lowest BCUT2D eigenvalue weighted by molar-refractivity contribution is -0.138. The highest BCUT2D eigenvalue weighted by Crippen LogP contribution is 2.30. The van der Waals surface area contributed by atoms with Crippen LogP contribution in [0.1, 0.15) is 39.2 Å². The molecule has 1 aliphatic rings. The third kappa shape index (κ3) is 3.58. The summed E-state index contributed by atoms with van der Waals surface area (Å²) in [5.74, 6) is 0.563. The van der Waals surface area contributed by atoms with Crippen LogP contribution in [0.2, 0.25) is 5.02 Å². The fraction of sp³-hybridized carbons (Fsp3) is 0.588. The van der Waals surface area contributed by atoms with E-state index in [-0.39, 0.29) is 11.9 Å². The number of amides is 1. The SMILES string of the molecule is CC(N)C1CCCN(C(=O)C(C)(C)c2cccc(Cl)c2)C1. The molecule has 3 nitrogen and oxygen atoms in total. The maximum Gasteiger partial charge on any atom is 0.232 e. The number of hydrogen-bond acceptors (Lipinski definition) is 2. The molecule has 4 heteroatoms. The second-order valence-electron chi connectivity index (χ2n) is 6.65. The molecule has 0 radical (unpaired) electrons. The highest BCUT2D eigenvalue weighted by Gasteiger charge is 2.36. The quantitative estimate of drug-likeness (QED) is 0.932. The zero-order valence-corrected chi connectivity index (χ0v) is 13.9. The van der Waals surface area contributed by atoms with Crippen LogP contribution in [0, 0.1) is 5.92 Å². The molecule has 1 saturated heterocycles. The average molecular weight is 309 g/mol. The van der Waals surface area contributed by atoms with Gasteiger partial charge in [-0.2, -0.15) is 0 Å². The number of halogens is 1. The number of benzene rings is 1. The maximum absolute atomic E-state index is 12.9. The Morgan fingerprint density at radius 3 is 2.81 bits per heavy atom. The topological polar surface area (TPSA) is 46.3 Å². The van der Waals surface area contributed by atoms with Gasteiger partial charge in [-0.25, -0.2) is 0 Å². The molecule has 1 amide bonds. The second kappa shape index (κ2) is 6.37. The Morgan fingerprint density at radius 2 is 2.19 bits per heavy atom. The first-order valence-corrected chi connectivity index (χ1v) is 8.01. The van der Waals surface area contributed by atoms with E-state index in [1.165, 1.54) is 0 Å². The summed E-state index contributed by atoms with van der Waals surface area (Å²) in [6.45, 7) is 7.56. The summed E-state index contributed by atoms with van der Waals surface area (Å²) < 4.78 is 0. The van der Waals surface area contributed by atoms with Gasteiger partial charge in [0.2, 0.25) is 5.91 Å².